The van der Waals surface area contributed by atoms with Crippen molar-refractivity contribution in [3.8, 4) is 5.75 Å². The SMILES string of the molecule is O=C(COC(=O)c1cccs1)NCCOc1ccc(Cl)cc1. The van der Waals surface area contributed by atoms with Gasteiger partial charge in [0.15, 0.2) is 6.61 Å². The van der Waals surface area contributed by atoms with Crippen LogP contribution in [0.1, 0.15) is 9.67 Å². The monoisotopic (exact) mass is 339 g/mol. The van der Waals surface area contributed by atoms with E-state index >= 15 is 0 Å². The molecule has 0 aliphatic carbocycles. The third kappa shape index (κ3) is 5.38. The Labute approximate surface area is 136 Å². The van der Waals surface area contributed by atoms with Gasteiger partial charge in [0.25, 0.3) is 5.91 Å². The lowest BCUT2D eigenvalue weighted by Crippen LogP contribution is -2.32. The molecule has 0 spiro atoms. The highest BCUT2D eigenvalue weighted by Gasteiger charge is 2.10. The van der Waals surface area contributed by atoms with Gasteiger partial charge in [-0.2, -0.15) is 0 Å². The minimum absolute atomic E-state index is 0.308. The fraction of sp³-hybridized carbons (Fsp3) is 0.200. The van der Waals surface area contributed by atoms with Gasteiger partial charge in [-0.05, 0) is 35.7 Å². The van der Waals surface area contributed by atoms with Crippen molar-refractivity contribution in [2.45, 2.75) is 0 Å². The lowest BCUT2D eigenvalue weighted by Gasteiger charge is -2.08. The molecule has 0 aliphatic rings. The molecule has 116 valence electrons. The molecule has 7 heteroatoms. The topological polar surface area (TPSA) is 64.6 Å². The quantitative estimate of drug-likeness (QED) is 0.622. The molecule has 0 atom stereocenters. The summed E-state index contributed by atoms with van der Waals surface area (Å²) in [6.45, 7) is 0.321. The van der Waals surface area contributed by atoms with Crippen molar-refractivity contribution < 1.29 is 19.1 Å². The second kappa shape index (κ2) is 8.41. The van der Waals surface area contributed by atoms with Crippen LogP contribution in [0.4, 0.5) is 0 Å². The van der Waals surface area contributed by atoms with E-state index in [1.165, 1.54) is 11.3 Å². The number of carbonyl (C=O) groups is 2. The number of rotatable bonds is 7. The number of ether oxygens (including phenoxy) is 2. The van der Waals surface area contributed by atoms with E-state index in [2.05, 4.69) is 5.32 Å². The summed E-state index contributed by atoms with van der Waals surface area (Å²) in [5.74, 6) is -0.199. The minimum atomic E-state index is -0.498. The Kier molecular flexibility index (Phi) is 6.24. The zero-order valence-electron chi connectivity index (χ0n) is 11.6. The number of nitrogens with one attached hydrogen (secondary N) is 1. The predicted octanol–water partition coefficient (Wildman–Crippen LogP) is 2.75. The fourth-order valence-electron chi connectivity index (χ4n) is 1.54. The maximum absolute atomic E-state index is 11.5. The predicted molar refractivity (Wildman–Crippen MR) is 84.6 cm³/mol. The molecule has 1 aromatic carbocycles. The summed E-state index contributed by atoms with van der Waals surface area (Å²) in [6.07, 6.45) is 0. The highest BCUT2D eigenvalue weighted by atomic mass is 35.5. The van der Waals surface area contributed by atoms with Gasteiger partial charge in [-0.1, -0.05) is 17.7 Å². The molecule has 1 aromatic heterocycles. The Morgan fingerprint density at radius 1 is 1.18 bits per heavy atom. The Hall–Kier alpha value is -2.05. The van der Waals surface area contributed by atoms with Crippen LogP contribution in [0.5, 0.6) is 5.75 Å². The molecule has 0 saturated heterocycles. The van der Waals surface area contributed by atoms with Crippen LogP contribution in [0.15, 0.2) is 41.8 Å². The van der Waals surface area contributed by atoms with Crippen LogP contribution in [-0.2, 0) is 9.53 Å². The summed E-state index contributed by atoms with van der Waals surface area (Å²) in [6, 6.07) is 10.3. The summed E-state index contributed by atoms with van der Waals surface area (Å²) in [5.41, 5.74) is 0. The smallest absolute Gasteiger partial charge is 0.348 e. The van der Waals surface area contributed by atoms with Gasteiger partial charge in [-0.25, -0.2) is 4.79 Å². The second-order valence-electron chi connectivity index (χ2n) is 4.21. The molecule has 0 radical (unpaired) electrons. The van der Waals surface area contributed by atoms with Crippen molar-refractivity contribution in [2.24, 2.45) is 0 Å². The van der Waals surface area contributed by atoms with E-state index in [4.69, 9.17) is 21.1 Å². The van der Waals surface area contributed by atoms with Gasteiger partial charge in [-0.15, -0.1) is 11.3 Å². The Morgan fingerprint density at radius 3 is 2.64 bits per heavy atom. The van der Waals surface area contributed by atoms with Crippen LogP contribution in [0.2, 0.25) is 5.02 Å². The molecule has 0 unspecified atom stereocenters. The van der Waals surface area contributed by atoms with Crippen LogP contribution in [0, 0.1) is 0 Å². The lowest BCUT2D eigenvalue weighted by atomic mass is 10.3. The molecule has 5 nitrogen and oxygen atoms in total. The molecule has 1 N–H and O–H groups in total. The third-order valence-corrected chi connectivity index (χ3v) is 3.67. The van der Waals surface area contributed by atoms with E-state index < -0.39 is 5.97 Å². The first-order valence-corrected chi connectivity index (χ1v) is 7.76. The fourth-order valence-corrected chi connectivity index (χ4v) is 2.28. The molecule has 0 bridgehead atoms. The van der Waals surface area contributed by atoms with Crippen LogP contribution in [0.25, 0.3) is 0 Å². The molecule has 0 saturated carbocycles. The third-order valence-electron chi connectivity index (χ3n) is 2.56. The standard InChI is InChI=1S/C15H14ClNO4S/c16-11-3-5-12(6-4-11)20-8-7-17-14(18)10-21-15(19)13-2-1-9-22-13/h1-6,9H,7-8,10H2,(H,17,18). The lowest BCUT2D eigenvalue weighted by molar-refractivity contribution is -0.124. The van der Waals surface area contributed by atoms with Gasteiger partial charge in [0.1, 0.15) is 17.2 Å². The molecule has 22 heavy (non-hydrogen) atoms. The van der Waals surface area contributed by atoms with E-state index in [9.17, 15) is 9.59 Å². The highest BCUT2D eigenvalue weighted by Crippen LogP contribution is 2.15. The maximum atomic E-state index is 11.5. The first kappa shape index (κ1) is 16.3. The number of carbonyl (C=O) groups excluding carboxylic acids is 2. The number of benzene rings is 1. The number of hydrogen-bond acceptors (Lipinski definition) is 5. The van der Waals surface area contributed by atoms with Crippen LogP contribution < -0.4 is 10.1 Å². The van der Waals surface area contributed by atoms with Crippen molar-refractivity contribution in [3.63, 3.8) is 0 Å². The van der Waals surface area contributed by atoms with E-state index in [0.29, 0.717) is 28.8 Å². The van der Waals surface area contributed by atoms with Gasteiger partial charge >= 0.3 is 5.97 Å². The van der Waals surface area contributed by atoms with Crippen LogP contribution >= 0.6 is 22.9 Å². The summed E-state index contributed by atoms with van der Waals surface area (Å²) >= 11 is 7.03. The Balaban J connectivity index is 1.59. The van der Waals surface area contributed by atoms with Crippen molar-refractivity contribution in [1.29, 1.82) is 0 Å². The van der Waals surface area contributed by atoms with E-state index in [1.54, 1.807) is 41.8 Å². The molecule has 0 fully saturated rings. The largest absolute Gasteiger partial charge is 0.492 e. The molecular weight excluding hydrogens is 326 g/mol. The highest BCUT2D eigenvalue weighted by molar-refractivity contribution is 7.11. The zero-order valence-corrected chi connectivity index (χ0v) is 13.2. The minimum Gasteiger partial charge on any atom is -0.492 e. The number of thiophene rings is 1. The molecule has 1 heterocycles. The molecule has 2 aromatic rings. The van der Waals surface area contributed by atoms with Gasteiger partial charge in [-0.3, -0.25) is 4.79 Å². The summed E-state index contributed by atoms with van der Waals surface area (Å²) in [5, 5.41) is 5.00. The first-order valence-electron chi connectivity index (χ1n) is 6.51. The number of amides is 1. The summed E-state index contributed by atoms with van der Waals surface area (Å²) in [7, 11) is 0. The zero-order chi connectivity index (χ0) is 15.8. The maximum Gasteiger partial charge on any atom is 0.348 e. The van der Waals surface area contributed by atoms with Crippen molar-refractivity contribution in [2.75, 3.05) is 19.8 Å². The average Bonchev–Trinajstić information content (AvgIpc) is 3.05. The first-order chi connectivity index (χ1) is 10.6. The van der Waals surface area contributed by atoms with E-state index in [-0.39, 0.29) is 12.5 Å². The van der Waals surface area contributed by atoms with Gasteiger partial charge in [0.05, 0.1) is 6.54 Å². The number of hydrogen-bond donors (Lipinski definition) is 1. The normalized spacial score (nSPS) is 10.0. The summed E-state index contributed by atoms with van der Waals surface area (Å²) in [4.78, 5) is 23.5. The Morgan fingerprint density at radius 2 is 1.95 bits per heavy atom. The average molecular weight is 340 g/mol. The summed E-state index contributed by atoms with van der Waals surface area (Å²) < 4.78 is 10.3. The molecule has 0 aliphatic heterocycles. The van der Waals surface area contributed by atoms with Gasteiger partial charge in [0.2, 0.25) is 0 Å². The van der Waals surface area contributed by atoms with Crippen molar-refractivity contribution >= 4 is 34.8 Å². The van der Waals surface area contributed by atoms with Gasteiger partial charge < -0.3 is 14.8 Å². The van der Waals surface area contributed by atoms with Gasteiger partial charge in [0, 0.05) is 5.02 Å². The van der Waals surface area contributed by atoms with Crippen molar-refractivity contribution in [3.05, 3.63) is 51.7 Å². The van der Waals surface area contributed by atoms with Crippen LogP contribution in [0.3, 0.4) is 0 Å². The number of halogens is 1. The van der Waals surface area contributed by atoms with E-state index in [1.807, 2.05) is 0 Å². The second-order valence-corrected chi connectivity index (χ2v) is 5.59. The van der Waals surface area contributed by atoms with Crippen molar-refractivity contribution in [1.82, 2.24) is 5.32 Å². The molecule has 2 rings (SSSR count). The molecule has 1 amide bonds. The number of esters is 1. The van der Waals surface area contributed by atoms with Crippen LogP contribution in [-0.4, -0.2) is 31.6 Å². The molecular formula is C15H14ClNO4S. The van der Waals surface area contributed by atoms with E-state index in [0.717, 1.165) is 0 Å². The Bertz CT molecular complexity index is 613.